The van der Waals surface area contributed by atoms with Crippen LogP contribution in [0.15, 0.2) is 0 Å². The third-order valence-corrected chi connectivity index (χ3v) is 5.14. The molecular formula is C12H15F3N4O3S. The number of hydroxylamine groups is 2. The number of carbonyl (C=O) groups is 1. The fourth-order valence-electron chi connectivity index (χ4n) is 2.57. The van der Waals surface area contributed by atoms with E-state index in [1.807, 2.05) is 0 Å². The SMILES string of the molecule is CN1CC(OC(=O)C2CCC2)[N+]([O-])(c2nnc(C(F)(F)F)s2)C1. The molecule has 2 heterocycles. The Kier molecular flexibility index (Phi) is 4.07. The van der Waals surface area contributed by atoms with Gasteiger partial charge in [0.05, 0.1) is 12.5 Å². The molecule has 2 atom stereocenters. The van der Waals surface area contributed by atoms with Gasteiger partial charge in [0, 0.05) is 0 Å². The molecule has 7 nitrogen and oxygen atoms in total. The largest absolute Gasteiger partial charge is 0.622 e. The fourth-order valence-corrected chi connectivity index (χ4v) is 3.35. The minimum Gasteiger partial charge on any atom is -0.622 e. The number of esters is 1. The van der Waals surface area contributed by atoms with Gasteiger partial charge in [-0.15, -0.1) is 5.10 Å². The third kappa shape index (κ3) is 3.05. The van der Waals surface area contributed by atoms with Gasteiger partial charge in [0.25, 0.3) is 6.23 Å². The van der Waals surface area contributed by atoms with E-state index in [1.54, 1.807) is 11.9 Å². The Bertz CT molecular complexity index is 607. The second-order valence-corrected chi connectivity index (χ2v) is 6.84. The molecule has 0 aromatic carbocycles. The molecule has 1 saturated carbocycles. The summed E-state index contributed by atoms with van der Waals surface area (Å²) in [5, 5.41) is 17.9. The van der Waals surface area contributed by atoms with E-state index in [9.17, 15) is 23.2 Å². The molecule has 0 N–H and O–H groups in total. The van der Waals surface area contributed by atoms with Crippen LogP contribution in [0.2, 0.25) is 0 Å². The average molecular weight is 352 g/mol. The smallest absolute Gasteiger partial charge is 0.445 e. The topological polar surface area (TPSA) is 78.4 Å². The van der Waals surface area contributed by atoms with Crippen molar-refractivity contribution >= 4 is 22.4 Å². The number of halogens is 3. The molecule has 128 valence electrons. The molecule has 3 rings (SSSR count). The first-order valence-corrected chi connectivity index (χ1v) is 7.91. The van der Waals surface area contributed by atoms with Crippen molar-refractivity contribution in [2.24, 2.45) is 5.92 Å². The molecule has 2 unspecified atom stereocenters. The second-order valence-electron chi connectivity index (χ2n) is 5.88. The van der Waals surface area contributed by atoms with E-state index >= 15 is 0 Å². The molecule has 2 aliphatic rings. The summed E-state index contributed by atoms with van der Waals surface area (Å²) >= 11 is 0.191. The van der Waals surface area contributed by atoms with Crippen LogP contribution in [0.3, 0.4) is 0 Å². The van der Waals surface area contributed by atoms with Crippen molar-refractivity contribution in [1.82, 2.24) is 19.7 Å². The van der Waals surface area contributed by atoms with Crippen LogP contribution in [-0.4, -0.2) is 47.6 Å². The van der Waals surface area contributed by atoms with Gasteiger partial charge in [-0.1, -0.05) is 11.5 Å². The molecule has 2 fully saturated rings. The first kappa shape index (κ1) is 16.6. The molecule has 0 radical (unpaired) electrons. The number of quaternary nitrogens is 1. The molecule has 23 heavy (non-hydrogen) atoms. The highest BCUT2D eigenvalue weighted by Crippen LogP contribution is 2.39. The normalized spacial score (nSPS) is 29.5. The summed E-state index contributed by atoms with van der Waals surface area (Å²) in [6.45, 7) is -0.00199. The maximum atomic E-state index is 13.0. The second kappa shape index (κ2) is 5.65. The maximum Gasteiger partial charge on any atom is 0.445 e. The first-order valence-electron chi connectivity index (χ1n) is 7.09. The molecule has 1 aliphatic carbocycles. The van der Waals surface area contributed by atoms with Gasteiger partial charge in [0.2, 0.25) is 5.01 Å². The van der Waals surface area contributed by atoms with Crippen molar-refractivity contribution < 1.29 is 22.7 Å². The number of nitrogens with zero attached hydrogens (tertiary/aromatic N) is 4. The van der Waals surface area contributed by atoms with E-state index in [-0.39, 0.29) is 35.6 Å². The molecule has 11 heteroatoms. The van der Waals surface area contributed by atoms with Crippen LogP contribution in [0.5, 0.6) is 0 Å². The number of rotatable bonds is 3. The Morgan fingerprint density at radius 2 is 2.13 bits per heavy atom. The van der Waals surface area contributed by atoms with Gasteiger partial charge in [-0.05, 0) is 31.2 Å². The van der Waals surface area contributed by atoms with E-state index < -0.39 is 28.0 Å². The van der Waals surface area contributed by atoms with Crippen LogP contribution < -0.4 is 4.65 Å². The minimum absolute atomic E-state index is 0.142. The van der Waals surface area contributed by atoms with Gasteiger partial charge in [-0.25, -0.2) is 4.90 Å². The molecule has 1 saturated heterocycles. The predicted octanol–water partition coefficient (Wildman–Crippen LogP) is 1.93. The number of aromatic nitrogens is 2. The Labute approximate surface area is 133 Å². The molecule has 1 aromatic rings. The van der Waals surface area contributed by atoms with E-state index in [0.29, 0.717) is 0 Å². The quantitative estimate of drug-likeness (QED) is 0.470. The lowest BCUT2D eigenvalue weighted by molar-refractivity contribution is -0.161. The number of hydrogen-bond donors (Lipinski definition) is 0. The molecule has 0 spiro atoms. The zero-order chi connectivity index (χ0) is 16.8. The predicted molar refractivity (Wildman–Crippen MR) is 74.8 cm³/mol. The summed E-state index contributed by atoms with van der Waals surface area (Å²) in [4.78, 5) is 13.6. The van der Waals surface area contributed by atoms with Crippen molar-refractivity contribution in [2.75, 3.05) is 20.3 Å². The fraction of sp³-hybridized carbons (Fsp3) is 0.750. The Morgan fingerprint density at radius 1 is 1.43 bits per heavy atom. The highest BCUT2D eigenvalue weighted by molar-refractivity contribution is 7.15. The van der Waals surface area contributed by atoms with Gasteiger partial charge in [0.1, 0.15) is 6.67 Å². The maximum absolute atomic E-state index is 13.0. The van der Waals surface area contributed by atoms with Crippen molar-refractivity contribution in [1.29, 1.82) is 0 Å². The summed E-state index contributed by atoms with van der Waals surface area (Å²) in [6, 6.07) is 0. The van der Waals surface area contributed by atoms with Crippen molar-refractivity contribution in [2.45, 2.75) is 31.7 Å². The summed E-state index contributed by atoms with van der Waals surface area (Å²) in [5.74, 6) is -0.676. The van der Waals surface area contributed by atoms with E-state index in [2.05, 4.69) is 10.2 Å². The number of carbonyl (C=O) groups excluding carboxylic acids is 1. The number of likely N-dealkylation sites (N-methyl/N-ethyl adjacent to an activating group) is 1. The van der Waals surface area contributed by atoms with Crippen LogP contribution in [-0.2, 0) is 15.7 Å². The van der Waals surface area contributed by atoms with Gasteiger partial charge < -0.3 is 9.94 Å². The standard InChI is InChI=1S/C12H15F3N4O3S/c1-18-5-8(22-9(20)7-3-2-4-7)19(21,6-18)11-17-16-10(23-11)12(13,14)15/h7-8H,2-6H2,1H3. The van der Waals surface area contributed by atoms with E-state index in [0.717, 1.165) is 19.3 Å². The van der Waals surface area contributed by atoms with Crippen LogP contribution >= 0.6 is 11.3 Å². The molecule has 1 aliphatic heterocycles. The lowest BCUT2D eigenvalue weighted by Gasteiger charge is -2.39. The summed E-state index contributed by atoms with van der Waals surface area (Å²) in [7, 11) is 1.63. The Hall–Kier alpha value is -1.30. The molecule has 0 amide bonds. The van der Waals surface area contributed by atoms with Crippen LogP contribution in [0, 0.1) is 11.1 Å². The molecule has 0 bridgehead atoms. The van der Waals surface area contributed by atoms with Crippen molar-refractivity contribution in [3.63, 3.8) is 0 Å². The van der Waals surface area contributed by atoms with Gasteiger partial charge in [-0.3, -0.25) is 9.44 Å². The van der Waals surface area contributed by atoms with Gasteiger partial charge in [0.15, 0.2) is 0 Å². The summed E-state index contributed by atoms with van der Waals surface area (Å²) in [6.07, 6.45) is -3.40. The van der Waals surface area contributed by atoms with Crippen LogP contribution in [0.1, 0.15) is 24.3 Å². The van der Waals surface area contributed by atoms with Crippen LogP contribution in [0.25, 0.3) is 0 Å². The molecule has 1 aromatic heterocycles. The summed E-state index contributed by atoms with van der Waals surface area (Å²) in [5.41, 5.74) is 0. The van der Waals surface area contributed by atoms with Crippen LogP contribution in [0.4, 0.5) is 18.3 Å². The highest BCUT2D eigenvalue weighted by atomic mass is 32.1. The van der Waals surface area contributed by atoms with Crippen molar-refractivity contribution in [3.05, 3.63) is 10.2 Å². The Balaban J connectivity index is 1.81. The molecular weight excluding hydrogens is 337 g/mol. The van der Waals surface area contributed by atoms with E-state index in [4.69, 9.17) is 4.74 Å². The van der Waals surface area contributed by atoms with Gasteiger partial charge >= 0.3 is 17.3 Å². The lowest BCUT2D eigenvalue weighted by atomic mass is 9.86. The van der Waals surface area contributed by atoms with Gasteiger partial charge in [-0.2, -0.15) is 13.2 Å². The van der Waals surface area contributed by atoms with E-state index in [1.165, 1.54) is 0 Å². The number of alkyl halides is 3. The lowest BCUT2D eigenvalue weighted by Crippen LogP contribution is -2.51. The third-order valence-electron chi connectivity index (χ3n) is 4.06. The number of hydrogen-bond acceptors (Lipinski definition) is 7. The minimum atomic E-state index is -4.65. The monoisotopic (exact) mass is 352 g/mol. The Morgan fingerprint density at radius 3 is 2.65 bits per heavy atom. The average Bonchev–Trinajstić information content (AvgIpc) is 2.93. The first-order chi connectivity index (χ1) is 10.7. The number of ether oxygens (including phenoxy) is 1. The zero-order valence-corrected chi connectivity index (χ0v) is 13.1. The zero-order valence-electron chi connectivity index (χ0n) is 12.2. The van der Waals surface area contributed by atoms with Crippen molar-refractivity contribution in [3.8, 4) is 0 Å². The summed E-state index contributed by atoms with van der Waals surface area (Å²) < 4.78 is 42.0. The highest BCUT2D eigenvalue weighted by Gasteiger charge is 2.48.